The molecule has 1 aliphatic carbocycles. The molecule has 116 valence electrons. The molecule has 1 atom stereocenters. The number of aliphatic hydroxyl groups excluding tert-OH is 1. The molecule has 1 saturated heterocycles. The quantitative estimate of drug-likeness (QED) is 0.902. The van der Waals surface area contributed by atoms with Crippen LogP contribution in [0.4, 0.5) is 0 Å². The maximum Gasteiger partial charge on any atom is 0.0446 e. The van der Waals surface area contributed by atoms with E-state index in [-0.39, 0.29) is 0 Å². The van der Waals surface area contributed by atoms with Crippen LogP contribution in [0.2, 0.25) is 0 Å². The second-order valence-electron chi connectivity index (χ2n) is 6.56. The molecule has 3 rings (SSSR count). The van der Waals surface area contributed by atoms with Crippen molar-refractivity contribution in [2.45, 2.75) is 50.7 Å². The van der Waals surface area contributed by atoms with Crippen molar-refractivity contribution < 1.29 is 5.11 Å². The van der Waals surface area contributed by atoms with Crippen LogP contribution in [-0.2, 0) is 6.54 Å². The average molecular weight is 288 g/mol. The number of aliphatic hydroxyl groups is 1. The van der Waals surface area contributed by atoms with Crippen LogP contribution in [0.3, 0.4) is 0 Å². The topological polar surface area (TPSA) is 26.7 Å². The SMILES string of the molecule is OCC[C@H]1CN(C2CCCC2)CCN1Cc1ccccc1. The molecule has 2 fully saturated rings. The molecule has 21 heavy (non-hydrogen) atoms. The molecule has 3 nitrogen and oxygen atoms in total. The Morgan fingerprint density at radius 2 is 1.81 bits per heavy atom. The van der Waals surface area contributed by atoms with E-state index < -0.39 is 0 Å². The monoisotopic (exact) mass is 288 g/mol. The minimum absolute atomic E-state index is 0.300. The van der Waals surface area contributed by atoms with Gasteiger partial charge in [0.1, 0.15) is 0 Å². The van der Waals surface area contributed by atoms with E-state index >= 15 is 0 Å². The third-order valence-corrected chi connectivity index (χ3v) is 5.17. The summed E-state index contributed by atoms with van der Waals surface area (Å²) in [6, 6.07) is 12.0. The number of nitrogens with zero attached hydrogens (tertiary/aromatic N) is 2. The molecule has 3 heteroatoms. The maximum atomic E-state index is 9.41. The van der Waals surface area contributed by atoms with Crippen molar-refractivity contribution in [2.24, 2.45) is 0 Å². The Kier molecular flexibility index (Phi) is 5.28. The lowest BCUT2D eigenvalue weighted by atomic mass is 10.0. The summed E-state index contributed by atoms with van der Waals surface area (Å²) in [7, 11) is 0. The largest absolute Gasteiger partial charge is 0.396 e. The number of hydrogen-bond acceptors (Lipinski definition) is 3. The molecule has 0 radical (unpaired) electrons. The van der Waals surface area contributed by atoms with Crippen molar-refractivity contribution in [3.63, 3.8) is 0 Å². The van der Waals surface area contributed by atoms with Crippen LogP contribution in [0.1, 0.15) is 37.7 Å². The molecule has 1 heterocycles. The predicted molar refractivity (Wildman–Crippen MR) is 86.2 cm³/mol. The van der Waals surface area contributed by atoms with E-state index in [1.165, 1.54) is 37.8 Å². The van der Waals surface area contributed by atoms with E-state index in [9.17, 15) is 5.11 Å². The first kappa shape index (κ1) is 15.0. The van der Waals surface area contributed by atoms with Crippen LogP contribution in [0, 0.1) is 0 Å². The molecule has 1 aliphatic heterocycles. The number of rotatable bonds is 5. The van der Waals surface area contributed by atoms with Crippen LogP contribution in [0.25, 0.3) is 0 Å². The highest BCUT2D eigenvalue weighted by molar-refractivity contribution is 5.14. The van der Waals surface area contributed by atoms with Gasteiger partial charge in [0.15, 0.2) is 0 Å². The van der Waals surface area contributed by atoms with Gasteiger partial charge < -0.3 is 5.11 Å². The highest BCUT2D eigenvalue weighted by Gasteiger charge is 2.31. The van der Waals surface area contributed by atoms with Gasteiger partial charge in [-0.3, -0.25) is 9.80 Å². The summed E-state index contributed by atoms with van der Waals surface area (Å²) < 4.78 is 0. The van der Waals surface area contributed by atoms with Crippen LogP contribution in [0.15, 0.2) is 30.3 Å². The van der Waals surface area contributed by atoms with Crippen molar-refractivity contribution in [1.29, 1.82) is 0 Å². The van der Waals surface area contributed by atoms with Crippen molar-refractivity contribution in [1.82, 2.24) is 9.80 Å². The van der Waals surface area contributed by atoms with Crippen LogP contribution < -0.4 is 0 Å². The fourth-order valence-corrected chi connectivity index (χ4v) is 3.97. The van der Waals surface area contributed by atoms with Crippen molar-refractivity contribution in [2.75, 3.05) is 26.2 Å². The van der Waals surface area contributed by atoms with E-state index in [4.69, 9.17) is 0 Å². The fourth-order valence-electron chi connectivity index (χ4n) is 3.97. The van der Waals surface area contributed by atoms with Gasteiger partial charge in [0.05, 0.1) is 0 Å². The molecule has 1 N–H and O–H groups in total. The molecule has 0 spiro atoms. The van der Waals surface area contributed by atoms with Gasteiger partial charge in [-0.15, -0.1) is 0 Å². The average Bonchev–Trinajstić information content (AvgIpc) is 3.05. The summed E-state index contributed by atoms with van der Waals surface area (Å²) in [6.07, 6.45) is 6.46. The number of piperazine rings is 1. The van der Waals surface area contributed by atoms with Crippen molar-refractivity contribution in [3.05, 3.63) is 35.9 Å². The molecule has 0 bridgehead atoms. The third-order valence-electron chi connectivity index (χ3n) is 5.17. The lowest BCUT2D eigenvalue weighted by molar-refractivity contribution is 0.0327. The third kappa shape index (κ3) is 3.85. The molecule has 1 aromatic carbocycles. The second-order valence-corrected chi connectivity index (χ2v) is 6.56. The van der Waals surface area contributed by atoms with Crippen LogP contribution in [-0.4, -0.2) is 53.2 Å². The predicted octanol–water partition coefficient (Wildman–Crippen LogP) is 2.50. The molecule has 2 aliphatic rings. The highest BCUT2D eigenvalue weighted by atomic mass is 16.3. The fraction of sp³-hybridized carbons (Fsp3) is 0.667. The smallest absolute Gasteiger partial charge is 0.0446 e. The normalized spacial score (nSPS) is 25.5. The Hall–Kier alpha value is -0.900. The Labute approximate surface area is 128 Å². The maximum absolute atomic E-state index is 9.41. The summed E-state index contributed by atoms with van der Waals surface area (Å²) in [5.74, 6) is 0. The van der Waals surface area contributed by atoms with Gasteiger partial charge in [0.2, 0.25) is 0 Å². The molecule has 0 amide bonds. The number of hydrogen-bond donors (Lipinski definition) is 1. The molecular weight excluding hydrogens is 260 g/mol. The first-order chi connectivity index (χ1) is 10.4. The highest BCUT2D eigenvalue weighted by Crippen LogP contribution is 2.26. The van der Waals surface area contributed by atoms with E-state index in [0.29, 0.717) is 12.6 Å². The minimum Gasteiger partial charge on any atom is -0.396 e. The Morgan fingerprint density at radius 3 is 2.52 bits per heavy atom. The zero-order valence-corrected chi connectivity index (χ0v) is 13.0. The lowest BCUT2D eigenvalue weighted by Gasteiger charge is -2.44. The van der Waals surface area contributed by atoms with Crippen molar-refractivity contribution >= 4 is 0 Å². The van der Waals surface area contributed by atoms with Crippen LogP contribution >= 0.6 is 0 Å². The zero-order valence-electron chi connectivity index (χ0n) is 13.0. The zero-order chi connectivity index (χ0) is 14.5. The van der Waals surface area contributed by atoms with Gasteiger partial charge in [-0.2, -0.15) is 0 Å². The van der Waals surface area contributed by atoms with E-state index in [2.05, 4.69) is 40.1 Å². The summed E-state index contributed by atoms with van der Waals surface area (Å²) in [5, 5.41) is 9.41. The van der Waals surface area contributed by atoms with Gasteiger partial charge in [0.25, 0.3) is 0 Å². The summed E-state index contributed by atoms with van der Waals surface area (Å²) in [5.41, 5.74) is 1.38. The Balaban J connectivity index is 1.61. The van der Waals surface area contributed by atoms with E-state index in [1.807, 2.05) is 0 Å². The van der Waals surface area contributed by atoms with E-state index in [0.717, 1.165) is 32.1 Å². The molecule has 0 unspecified atom stereocenters. The van der Waals surface area contributed by atoms with Crippen molar-refractivity contribution in [3.8, 4) is 0 Å². The second kappa shape index (κ2) is 7.39. The first-order valence-corrected chi connectivity index (χ1v) is 8.49. The van der Waals surface area contributed by atoms with Gasteiger partial charge in [0, 0.05) is 44.9 Å². The van der Waals surface area contributed by atoms with Gasteiger partial charge >= 0.3 is 0 Å². The molecular formula is C18H28N2O. The Morgan fingerprint density at radius 1 is 1.05 bits per heavy atom. The standard InChI is InChI=1S/C18H28N2O/c21-13-10-18-15-20(17-8-4-5-9-17)12-11-19(18)14-16-6-2-1-3-7-16/h1-3,6-7,17-18,21H,4-5,8-15H2/t18-/m0/s1. The van der Waals surface area contributed by atoms with Gasteiger partial charge in [-0.05, 0) is 24.8 Å². The molecule has 0 aromatic heterocycles. The van der Waals surface area contributed by atoms with Gasteiger partial charge in [-0.25, -0.2) is 0 Å². The lowest BCUT2D eigenvalue weighted by Crippen LogP contribution is -2.55. The number of benzene rings is 1. The Bertz CT molecular complexity index is 416. The van der Waals surface area contributed by atoms with Crippen LogP contribution in [0.5, 0.6) is 0 Å². The summed E-state index contributed by atoms with van der Waals surface area (Å²) in [4.78, 5) is 5.26. The minimum atomic E-state index is 0.300. The van der Waals surface area contributed by atoms with E-state index in [1.54, 1.807) is 0 Å². The summed E-state index contributed by atoms with van der Waals surface area (Å²) >= 11 is 0. The molecule has 1 saturated carbocycles. The summed E-state index contributed by atoms with van der Waals surface area (Å²) in [6.45, 7) is 4.78. The van der Waals surface area contributed by atoms with Gasteiger partial charge in [-0.1, -0.05) is 43.2 Å². The molecule has 1 aromatic rings. The first-order valence-electron chi connectivity index (χ1n) is 8.49.